The van der Waals surface area contributed by atoms with Gasteiger partial charge in [-0.2, -0.15) is 25.6 Å². The molecule has 2 atom stereocenters. The van der Waals surface area contributed by atoms with Crippen LogP contribution in [0.25, 0.3) is 0 Å². The average molecular weight is 349 g/mol. The summed E-state index contributed by atoms with van der Waals surface area (Å²) in [6.45, 7) is 4.44. The van der Waals surface area contributed by atoms with E-state index in [2.05, 4.69) is 6.58 Å². The van der Waals surface area contributed by atoms with Crippen LogP contribution >= 0.6 is 19.8 Å². The minimum absolute atomic E-state index is 0. The molecule has 0 N–H and O–H groups in total. The van der Waals surface area contributed by atoms with Crippen LogP contribution < -0.4 is 0 Å². The molecule has 9 heavy (non-hydrogen) atoms. The Balaban J connectivity index is -0.0000000417. The van der Waals surface area contributed by atoms with Gasteiger partial charge in [-0.1, -0.05) is 0 Å². The minimum atomic E-state index is -1.17. The third kappa shape index (κ3) is 17.7. The van der Waals surface area contributed by atoms with Gasteiger partial charge >= 0.3 is 20.1 Å². The van der Waals surface area contributed by atoms with Crippen molar-refractivity contribution in [3.8, 4) is 0 Å². The molecule has 0 aromatic heterocycles. The fourth-order valence-electron chi connectivity index (χ4n) is 0.0315. The molecule has 0 fully saturated rings. The first-order valence-corrected chi connectivity index (χ1v) is 1.25. The summed E-state index contributed by atoms with van der Waals surface area (Å²) in [5, 5.41) is 0. The molecule has 0 aromatic rings. The summed E-state index contributed by atoms with van der Waals surface area (Å²) in [6.07, 6.45) is 1.17. The quantitative estimate of drug-likeness (QED) is 0.382. The Morgan fingerprint density at radius 1 is 1.44 bits per heavy atom. The molecule has 0 aliphatic carbocycles. The second-order valence-electron chi connectivity index (χ2n) is 0.609. The number of hydrogen-bond acceptors (Lipinski definition) is 0. The maximum atomic E-state index is 11.1. The van der Waals surface area contributed by atoms with E-state index in [0.29, 0.717) is 12.4 Å². The molecule has 2 unspecified atom stereocenters. The zero-order chi connectivity index (χ0) is 4.99. The van der Waals surface area contributed by atoms with Gasteiger partial charge < -0.3 is 21.4 Å². The maximum absolute atomic E-state index is 11.1. The molecule has 0 rings (SSSR count). The van der Waals surface area contributed by atoms with Crippen molar-refractivity contribution in [3.05, 3.63) is 24.8 Å². The molecule has 0 spiro atoms. The van der Waals surface area contributed by atoms with Crippen molar-refractivity contribution in [1.29, 1.82) is 0 Å². The molecule has 0 bridgehead atoms. The van der Waals surface area contributed by atoms with Crippen LogP contribution in [0.5, 0.6) is 0 Å². The van der Waals surface area contributed by atoms with Crippen LogP contribution in [0.15, 0.2) is 11.9 Å². The Morgan fingerprint density at radius 2 is 1.78 bits per heavy atom. The molecule has 0 saturated heterocycles. The van der Waals surface area contributed by atoms with E-state index < -0.39 is 5.83 Å². The Bertz CT molecular complexity index is 84.6. The fraction of sp³-hybridized carbons (Fsp3) is 0. The zero-order valence-electron chi connectivity index (χ0n) is 4.68. The van der Waals surface area contributed by atoms with E-state index in [1.807, 2.05) is 0 Å². The fourth-order valence-corrected chi connectivity index (χ4v) is 0.0315. The van der Waals surface area contributed by atoms with Crippen molar-refractivity contribution < 1.29 is 28.9 Å². The van der Waals surface area contributed by atoms with Gasteiger partial charge in [0.15, 0.2) is 0 Å². The normalized spacial score (nSPS) is 7.56. The molecule has 0 aromatic carbocycles. The van der Waals surface area contributed by atoms with Gasteiger partial charge in [0.25, 0.3) is 0 Å². The second-order valence-corrected chi connectivity index (χ2v) is 0.609. The standard InChI is InChI=1S/C4H2F2.Ir.2H3P.H/c1-2-4(6)3-5;;;;/h1-2H;;2*1H3;/q-2;+2;;;. The third-order valence-corrected chi connectivity index (χ3v) is 0.237. The molecule has 0 heterocycles. The van der Waals surface area contributed by atoms with E-state index in [-0.39, 0.29) is 39.9 Å². The number of allylic oxidation sites excluding steroid dienone is 2. The summed E-state index contributed by atoms with van der Waals surface area (Å²) in [7, 11) is 0. The Hall–Kier alpha value is 0.849. The van der Waals surface area contributed by atoms with E-state index in [0.717, 1.165) is 0 Å². The predicted octanol–water partition coefficient (Wildman–Crippen LogP) is 1.41. The molecule has 0 aliphatic heterocycles. The van der Waals surface area contributed by atoms with Crippen LogP contribution in [0.4, 0.5) is 8.78 Å². The van der Waals surface area contributed by atoms with Gasteiger partial charge in [-0.15, -0.1) is 6.33 Å². The predicted molar refractivity (Wildman–Crippen MR) is 41.4 cm³/mol. The van der Waals surface area contributed by atoms with Gasteiger partial charge in [0.05, 0.1) is 0 Å². The summed E-state index contributed by atoms with van der Waals surface area (Å²) >= 11 is 0. The van der Waals surface area contributed by atoms with Crippen LogP contribution in [-0.4, -0.2) is 0 Å². The summed E-state index contributed by atoms with van der Waals surface area (Å²) in [5.74, 6) is -1.17. The van der Waals surface area contributed by atoms with Crippen molar-refractivity contribution in [2.75, 3.05) is 0 Å². The monoisotopic (exact) mass is 350 g/mol. The first kappa shape index (κ1) is 22.5. The van der Waals surface area contributed by atoms with Crippen LogP contribution in [0, 0.1) is 12.9 Å². The molecule has 0 amide bonds. The van der Waals surface area contributed by atoms with Gasteiger partial charge in [-0.05, 0) is 0 Å². The van der Waals surface area contributed by atoms with Crippen LogP contribution in [-0.2, 0) is 20.1 Å². The van der Waals surface area contributed by atoms with Gasteiger partial charge in [-0.3, -0.25) is 0 Å². The van der Waals surface area contributed by atoms with E-state index in [1.54, 1.807) is 0 Å². The number of rotatable bonds is 1. The van der Waals surface area contributed by atoms with Crippen molar-refractivity contribution in [2.45, 2.75) is 0 Å². The van der Waals surface area contributed by atoms with Gasteiger partial charge in [0.1, 0.15) is 0 Å². The first-order chi connectivity index (χ1) is 2.81. The van der Waals surface area contributed by atoms with Crippen LogP contribution in [0.1, 0.15) is 0 Å². The Morgan fingerprint density at radius 3 is 1.78 bits per heavy atom. The van der Waals surface area contributed by atoms with E-state index in [9.17, 15) is 8.78 Å². The van der Waals surface area contributed by atoms with E-state index >= 15 is 0 Å². The molecule has 5 heteroatoms. The Labute approximate surface area is 73.8 Å². The summed E-state index contributed by atoms with van der Waals surface area (Å²) < 4.78 is 21.7. The molecule has 0 aliphatic rings. The van der Waals surface area contributed by atoms with Crippen molar-refractivity contribution >= 4 is 19.8 Å². The van der Waals surface area contributed by atoms with Crippen molar-refractivity contribution in [2.24, 2.45) is 0 Å². The Kier molecular flexibility index (Phi) is 39.9. The molecular weight excluding hydrogens is 340 g/mol. The SMILES string of the molecule is P.P.[CH-]=CC(F)=[C-]F.[IrH+2]. The molecular formula is C4H9F2IrP2. The summed E-state index contributed by atoms with van der Waals surface area (Å²) in [5.41, 5.74) is 0. The van der Waals surface area contributed by atoms with E-state index in [1.165, 1.54) is 0 Å². The van der Waals surface area contributed by atoms with Gasteiger partial charge in [0, 0.05) is 0 Å². The summed E-state index contributed by atoms with van der Waals surface area (Å²) in [4.78, 5) is 0. The second kappa shape index (κ2) is 15.9. The molecule has 0 saturated carbocycles. The topological polar surface area (TPSA) is 0 Å². The average Bonchev–Trinajstić information content (AvgIpc) is 1.65. The van der Waals surface area contributed by atoms with Gasteiger partial charge in [-0.25, -0.2) is 0 Å². The van der Waals surface area contributed by atoms with E-state index in [4.69, 9.17) is 0 Å². The van der Waals surface area contributed by atoms with Crippen molar-refractivity contribution in [1.82, 2.24) is 0 Å². The first-order valence-electron chi connectivity index (χ1n) is 1.25. The van der Waals surface area contributed by atoms with Crippen LogP contribution in [0.3, 0.4) is 0 Å². The molecule has 0 nitrogen and oxygen atoms in total. The number of halogens is 2. The van der Waals surface area contributed by atoms with Gasteiger partial charge in [0.2, 0.25) is 0 Å². The molecule has 58 valence electrons. The number of hydrogen-bond donors (Lipinski definition) is 0. The zero-order valence-corrected chi connectivity index (χ0v) is 10.0. The molecule has 1 radical (unpaired) electrons. The summed E-state index contributed by atoms with van der Waals surface area (Å²) in [6, 6.07) is 0. The van der Waals surface area contributed by atoms with Crippen molar-refractivity contribution in [3.63, 3.8) is 0 Å². The van der Waals surface area contributed by atoms with Crippen LogP contribution in [0.2, 0.25) is 0 Å². The third-order valence-electron chi connectivity index (χ3n) is 0.237.